The Bertz CT molecular complexity index is 401. The van der Waals surface area contributed by atoms with Gasteiger partial charge in [-0.1, -0.05) is 22.9 Å². The summed E-state index contributed by atoms with van der Waals surface area (Å²) in [6.07, 6.45) is 0.454. The van der Waals surface area contributed by atoms with Crippen LogP contribution < -0.4 is 4.74 Å². The number of hydrogen-bond donors (Lipinski definition) is 0. The number of rotatable bonds is 0. The average molecular weight is 320 g/mol. The number of carbonyl (C=O) groups is 1. The molecule has 0 aliphatic carbocycles. The molecule has 1 atom stereocenters. The molecule has 0 saturated carbocycles. The van der Waals surface area contributed by atoms with Crippen LogP contribution in [-0.4, -0.2) is 5.97 Å². The molecule has 1 heterocycles. The van der Waals surface area contributed by atoms with Crippen LogP contribution in [0.3, 0.4) is 0 Å². The topological polar surface area (TPSA) is 26.3 Å². The molecule has 4 heteroatoms. The maximum atomic E-state index is 11.2. The van der Waals surface area contributed by atoms with Crippen molar-refractivity contribution in [1.29, 1.82) is 0 Å². The van der Waals surface area contributed by atoms with Crippen LogP contribution in [-0.2, 0) is 4.79 Å². The maximum absolute atomic E-state index is 11.2. The van der Waals surface area contributed by atoms with E-state index in [0.29, 0.717) is 12.2 Å². The number of halogens is 2. The van der Waals surface area contributed by atoms with Crippen molar-refractivity contribution in [3.63, 3.8) is 0 Å². The van der Waals surface area contributed by atoms with E-state index >= 15 is 0 Å². The second-order valence-electron chi connectivity index (χ2n) is 3.39. The summed E-state index contributed by atoms with van der Waals surface area (Å²) >= 11 is 6.79. The molecule has 74 valence electrons. The fraction of sp³-hybridized carbons (Fsp3) is 0.300. The molecule has 14 heavy (non-hydrogen) atoms. The second-order valence-corrected chi connectivity index (χ2v) is 5.16. The highest BCUT2D eigenvalue weighted by molar-refractivity contribution is 9.11. The van der Waals surface area contributed by atoms with Gasteiger partial charge in [0.25, 0.3) is 0 Å². The van der Waals surface area contributed by atoms with Crippen molar-refractivity contribution in [2.24, 2.45) is 0 Å². The number of carbonyl (C=O) groups excluding carboxylic acids is 1. The molecule has 0 radical (unpaired) electrons. The van der Waals surface area contributed by atoms with Gasteiger partial charge in [0.15, 0.2) is 0 Å². The second kappa shape index (κ2) is 3.66. The van der Waals surface area contributed by atoms with E-state index in [1.165, 1.54) is 0 Å². The third-order valence-corrected chi connectivity index (χ3v) is 3.30. The fourth-order valence-corrected chi connectivity index (χ4v) is 2.91. The van der Waals surface area contributed by atoms with E-state index in [4.69, 9.17) is 4.74 Å². The molecule has 2 nitrogen and oxygen atoms in total. The van der Waals surface area contributed by atoms with Crippen molar-refractivity contribution in [3.8, 4) is 5.75 Å². The fourth-order valence-electron chi connectivity index (χ4n) is 1.57. The van der Waals surface area contributed by atoms with Gasteiger partial charge in [0.05, 0.1) is 10.9 Å². The van der Waals surface area contributed by atoms with Crippen LogP contribution in [0, 0.1) is 0 Å². The third kappa shape index (κ3) is 1.73. The Morgan fingerprint density at radius 1 is 1.43 bits per heavy atom. The molecule has 0 amide bonds. The molecule has 0 N–H and O–H groups in total. The van der Waals surface area contributed by atoms with Crippen molar-refractivity contribution in [2.45, 2.75) is 19.3 Å². The summed E-state index contributed by atoms with van der Waals surface area (Å²) in [4.78, 5) is 11.2. The molecule has 1 aliphatic rings. The number of fused-ring (bicyclic) bond motifs is 1. The lowest BCUT2D eigenvalue weighted by Gasteiger charge is -2.22. The highest BCUT2D eigenvalue weighted by Crippen LogP contribution is 2.41. The minimum Gasteiger partial charge on any atom is -0.425 e. The molecular formula is C10H8Br2O2. The van der Waals surface area contributed by atoms with Crippen LogP contribution >= 0.6 is 31.9 Å². The van der Waals surface area contributed by atoms with Crippen LogP contribution in [0.15, 0.2) is 21.1 Å². The van der Waals surface area contributed by atoms with Crippen molar-refractivity contribution >= 4 is 37.8 Å². The van der Waals surface area contributed by atoms with Gasteiger partial charge in [0.1, 0.15) is 5.75 Å². The number of hydrogen-bond acceptors (Lipinski definition) is 2. The van der Waals surface area contributed by atoms with Gasteiger partial charge in [0, 0.05) is 10.0 Å². The summed E-state index contributed by atoms with van der Waals surface area (Å²) in [6.45, 7) is 2.03. The Kier molecular flexibility index (Phi) is 2.66. The Morgan fingerprint density at radius 3 is 2.86 bits per heavy atom. The highest BCUT2D eigenvalue weighted by atomic mass is 79.9. The molecule has 0 saturated heterocycles. The minimum atomic E-state index is -0.159. The van der Waals surface area contributed by atoms with Gasteiger partial charge in [-0.25, -0.2) is 0 Å². The summed E-state index contributed by atoms with van der Waals surface area (Å²) in [6, 6.07) is 3.88. The van der Waals surface area contributed by atoms with E-state index in [1.54, 1.807) is 0 Å². The van der Waals surface area contributed by atoms with Crippen LogP contribution in [0.2, 0.25) is 0 Å². The molecule has 1 aromatic carbocycles. The van der Waals surface area contributed by atoms with Gasteiger partial charge in [-0.2, -0.15) is 0 Å². The molecule has 1 unspecified atom stereocenters. The van der Waals surface area contributed by atoms with E-state index in [1.807, 2.05) is 19.1 Å². The molecular weight excluding hydrogens is 312 g/mol. The summed E-state index contributed by atoms with van der Waals surface area (Å²) < 4.78 is 7.00. The van der Waals surface area contributed by atoms with E-state index in [0.717, 1.165) is 14.5 Å². The Hall–Kier alpha value is -0.350. The van der Waals surface area contributed by atoms with Gasteiger partial charge in [-0.15, -0.1) is 0 Å². The van der Waals surface area contributed by atoms with Gasteiger partial charge >= 0.3 is 5.97 Å². The Morgan fingerprint density at radius 2 is 2.14 bits per heavy atom. The molecule has 0 spiro atoms. The van der Waals surface area contributed by atoms with Crippen molar-refractivity contribution in [1.82, 2.24) is 0 Å². The van der Waals surface area contributed by atoms with Crippen molar-refractivity contribution in [3.05, 3.63) is 26.6 Å². The van der Waals surface area contributed by atoms with Crippen molar-refractivity contribution < 1.29 is 9.53 Å². The first-order valence-electron chi connectivity index (χ1n) is 4.27. The smallest absolute Gasteiger partial charge is 0.311 e. The zero-order valence-corrected chi connectivity index (χ0v) is 10.7. The Labute approximate surface area is 98.9 Å². The van der Waals surface area contributed by atoms with Crippen LogP contribution in [0.1, 0.15) is 24.8 Å². The van der Waals surface area contributed by atoms with Crippen LogP contribution in [0.25, 0.3) is 0 Å². The quantitative estimate of drug-likeness (QED) is 0.539. The lowest BCUT2D eigenvalue weighted by Crippen LogP contribution is -2.18. The van der Waals surface area contributed by atoms with E-state index in [2.05, 4.69) is 31.9 Å². The monoisotopic (exact) mass is 318 g/mol. The minimum absolute atomic E-state index is 0.159. The normalized spacial score (nSPS) is 20.2. The van der Waals surface area contributed by atoms with Crippen LogP contribution in [0.5, 0.6) is 5.75 Å². The number of benzene rings is 1. The molecule has 1 aromatic rings. The molecule has 0 aromatic heterocycles. The zero-order valence-electron chi connectivity index (χ0n) is 7.51. The summed E-state index contributed by atoms with van der Waals surface area (Å²) in [5.41, 5.74) is 1.07. The number of esters is 1. The van der Waals surface area contributed by atoms with E-state index < -0.39 is 0 Å². The standard InChI is InChI=1S/C10H8Br2O2/c1-5-2-9(13)14-10-7(5)3-6(11)4-8(10)12/h3-5H,2H2,1H3. The largest absolute Gasteiger partial charge is 0.425 e. The van der Waals surface area contributed by atoms with Gasteiger partial charge in [-0.05, 0) is 34.0 Å². The van der Waals surface area contributed by atoms with Gasteiger partial charge in [-0.3, -0.25) is 4.79 Å². The SMILES string of the molecule is CC1CC(=O)Oc2c(Br)cc(Br)cc21. The van der Waals surface area contributed by atoms with Crippen molar-refractivity contribution in [2.75, 3.05) is 0 Å². The average Bonchev–Trinajstić information content (AvgIpc) is 2.07. The molecule has 0 fully saturated rings. The first kappa shape index (κ1) is 10.2. The highest BCUT2D eigenvalue weighted by Gasteiger charge is 2.25. The summed E-state index contributed by atoms with van der Waals surface area (Å²) in [5, 5.41) is 0. The first-order valence-corrected chi connectivity index (χ1v) is 5.86. The van der Waals surface area contributed by atoms with Gasteiger partial charge in [0.2, 0.25) is 0 Å². The molecule has 2 rings (SSSR count). The predicted octanol–water partition coefficient (Wildman–Crippen LogP) is 3.62. The maximum Gasteiger partial charge on any atom is 0.311 e. The van der Waals surface area contributed by atoms with Crippen LogP contribution in [0.4, 0.5) is 0 Å². The lowest BCUT2D eigenvalue weighted by molar-refractivity contribution is -0.135. The zero-order chi connectivity index (χ0) is 10.3. The lowest BCUT2D eigenvalue weighted by atomic mass is 9.95. The Balaban J connectivity index is 2.58. The summed E-state index contributed by atoms with van der Waals surface area (Å²) in [5.74, 6) is 0.727. The first-order chi connectivity index (χ1) is 6.58. The predicted molar refractivity (Wildman–Crippen MR) is 60.5 cm³/mol. The molecule has 0 bridgehead atoms. The number of ether oxygens (including phenoxy) is 1. The van der Waals surface area contributed by atoms with E-state index in [9.17, 15) is 4.79 Å². The van der Waals surface area contributed by atoms with Gasteiger partial charge < -0.3 is 4.74 Å². The summed E-state index contributed by atoms with van der Waals surface area (Å²) in [7, 11) is 0. The third-order valence-electron chi connectivity index (χ3n) is 2.26. The molecule has 1 aliphatic heterocycles. The van der Waals surface area contributed by atoms with E-state index in [-0.39, 0.29) is 11.9 Å².